The van der Waals surface area contributed by atoms with Crippen molar-refractivity contribution in [1.82, 2.24) is 14.7 Å². The van der Waals surface area contributed by atoms with Crippen LogP contribution in [-0.2, 0) is 9.59 Å². The number of piperazine rings is 2. The van der Waals surface area contributed by atoms with Gasteiger partial charge >= 0.3 is 0 Å². The molecule has 6 nitrogen and oxygen atoms in total. The summed E-state index contributed by atoms with van der Waals surface area (Å²) in [6.07, 6.45) is 1.48. The highest BCUT2D eigenvalue weighted by atomic mass is 19.1. The van der Waals surface area contributed by atoms with Crippen LogP contribution in [0.1, 0.15) is 23.2 Å². The fourth-order valence-electron chi connectivity index (χ4n) is 3.97. The third-order valence-corrected chi connectivity index (χ3v) is 5.17. The number of fused-ring (bicyclic) bond motifs is 2. The van der Waals surface area contributed by atoms with Crippen LogP contribution in [0.5, 0.6) is 0 Å². The molecule has 0 bridgehead atoms. The monoisotopic (exact) mass is 349 g/mol. The Labute approximate surface area is 143 Å². The van der Waals surface area contributed by atoms with Crippen LogP contribution in [0.15, 0.2) is 18.2 Å². The number of nitrogens with zero attached hydrogens (tertiary/aromatic N) is 3. The predicted octanol–water partition coefficient (Wildman–Crippen LogP) is 0.622. The van der Waals surface area contributed by atoms with E-state index in [1.54, 1.807) is 9.80 Å². The standard InChI is InChI=1S/C17H17F2N3O3/c18-11-6-10(7-12(19)8-11)15(23)20-4-5-22-14(9-20)17(25)21-3-1-2-13(21)16(22)24/h6-8,13-14H,1-5,9H2/t13-,14-/m1/s1. The van der Waals surface area contributed by atoms with E-state index in [1.165, 1.54) is 4.90 Å². The molecule has 3 amide bonds. The molecule has 0 aromatic heterocycles. The first-order valence-corrected chi connectivity index (χ1v) is 8.32. The zero-order chi connectivity index (χ0) is 17.7. The van der Waals surface area contributed by atoms with E-state index in [0.717, 1.165) is 18.6 Å². The Kier molecular flexibility index (Phi) is 3.70. The van der Waals surface area contributed by atoms with E-state index in [1.807, 2.05) is 0 Å². The van der Waals surface area contributed by atoms with Crippen molar-refractivity contribution < 1.29 is 23.2 Å². The van der Waals surface area contributed by atoms with Gasteiger partial charge < -0.3 is 14.7 Å². The zero-order valence-corrected chi connectivity index (χ0v) is 13.5. The van der Waals surface area contributed by atoms with Gasteiger partial charge in [-0.25, -0.2) is 8.78 Å². The summed E-state index contributed by atoms with van der Waals surface area (Å²) in [7, 11) is 0. The molecule has 0 unspecified atom stereocenters. The van der Waals surface area contributed by atoms with Crippen molar-refractivity contribution in [1.29, 1.82) is 0 Å². The second-order valence-electron chi connectivity index (χ2n) is 6.65. The minimum absolute atomic E-state index is 0.0464. The number of hydrogen-bond acceptors (Lipinski definition) is 3. The van der Waals surface area contributed by atoms with Gasteiger partial charge in [-0.2, -0.15) is 0 Å². The third kappa shape index (κ3) is 2.56. The van der Waals surface area contributed by atoms with Crippen LogP contribution in [0, 0.1) is 11.6 Å². The number of carbonyl (C=O) groups excluding carboxylic acids is 3. The highest BCUT2D eigenvalue weighted by Crippen LogP contribution is 2.29. The molecule has 8 heteroatoms. The van der Waals surface area contributed by atoms with Gasteiger partial charge in [0.2, 0.25) is 11.8 Å². The first-order chi connectivity index (χ1) is 12.0. The lowest BCUT2D eigenvalue weighted by Crippen LogP contribution is -2.69. The van der Waals surface area contributed by atoms with Crippen molar-refractivity contribution in [3.63, 3.8) is 0 Å². The fourth-order valence-corrected chi connectivity index (χ4v) is 3.97. The summed E-state index contributed by atoms with van der Waals surface area (Å²) < 4.78 is 26.7. The topological polar surface area (TPSA) is 60.9 Å². The summed E-state index contributed by atoms with van der Waals surface area (Å²) in [5, 5.41) is 0. The van der Waals surface area contributed by atoms with E-state index < -0.39 is 23.6 Å². The fraction of sp³-hybridized carbons (Fsp3) is 0.471. The van der Waals surface area contributed by atoms with E-state index in [2.05, 4.69) is 0 Å². The zero-order valence-electron chi connectivity index (χ0n) is 13.5. The second kappa shape index (κ2) is 5.79. The van der Waals surface area contributed by atoms with Gasteiger partial charge in [0.25, 0.3) is 5.91 Å². The molecule has 3 aliphatic rings. The number of carbonyl (C=O) groups is 3. The Bertz CT molecular complexity index is 749. The summed E-state index contributed by atoms with van der Waals surface area (Å²) in [5.74, 6) is -2.41. The van der Waals surface area contributed by atoms with Crippen molar-refractivity contribution >= 4 is 17.7 Å². The van der Waals surface area contributed by atoms with Gasteiger partial charge in [-0.15, -0.1) is 0 Å². The van der Waals surface area contributed by atoms with Crippen molar-refractivity contribution in [3.05, 3.63) is 35.4 Å². The third-order valence-electron chi connectivity index (χ3n) is 5.17. The van der Waals surface area contributed by atoms with E-state index in [0.29, 0.717) is 19.0 Å². The van der Waals surface area contributed by atoms with Crippen LogP contribution in [0.3, 0.4) is 0 Å². The van der Waals surface area contributed by atoms with Crippen molar-refractivity contribution in [2.75, 3.05) is 26.2 Å². The Morgan fingerprint density at radius 1 is 0.920 bits per heavy atom. The van der Waals surface area contributed by atoms with E-state index in [9.17, 15) is 23.2 Å². The van der Waals surface area contributed by atoms with Crippen LogP contribution in [0.2, 0.25) is 0 Å². The summed E-state index contributed by atoms with van der Waals surface area (Å²) in [6, 6.07) is 1.57. The molecule has 2 atom stereocenters. The van der Waals surface area contributed by atoms with Crippen molar-refractivity contribution in [3.8, 4) is 0 Å². The highest BCUT2D eigenvalue weighted by molar-refractivity contribution is 5.99. The minimum Gasteiger partial charge on any atom is -0.334 e. The first kappa shape index (κ1) is 16.0. The summed E-state index contributed by atoms with van der Waals surface area (Å²) in [6.45, 7) is 1.09. The smallest absolute Gasteiger partial charge is 0.254 e. The van der Waals surface area contributed by atoms with E-state index in [-0.39, 0.29) is 43.1 Å². The van der Waals surface area contributed by atoms with Gasteiger partial charge in [-0.3, -0.25) is 14.4 Å². The number of amides is 3. The molecule has 3 saturated heterocycles. The van der Waals surface area contributed by atoms with Crippen LogP contribution in [0.4, 0.5) is 8.78 Å². The molecule has 0 N–H and O–H groups in total. The van der Waals surface area contributed by atoms with Crippen LogP contribution in [-0.4, -0.2) is 70.7 Å². The average molecular weight is 349 g/mol. The Morgan fingerprint density at radius 2 is 1.56 bits per heavy atom. The molecule has 3 heterocycles. The van der Waals surface area contributed by atoms with Gasteiger partial charge in [0.15, 0.2) is 0 Å². The molecule has 4 rings (SSSR count). The lowest BCUT2D eigenvalue weighted by molar-refractivity contribution is -0.162. The Hall–Kier alpha value is -2.51. The predicted molar refractivity (Wildman–Crippen MR) is 82.5 cm³/mol. The number of benzene rings is 1. The number of rotatable bonds is 1. The number of halogens is 2. The maximum atomic E-state index is 13.4. The maximum absolute atomic E-state index is 13.4. The molecular formula is C17H17F2N3O3. The van der Waals surface area contributed by atoms with Gasteiger partial charge in [-0.1, -0.05) is 0 Å². The molecule has 0 radical (unpaired) electrons. The largest absolute Gasteiger partial charge is 0.334 e. The Balaban J connectivity index is 1.56. The van der Waals surface area contributed by atoms with E-state index >= 15 is 0 Å². The lowest BCUT2D eigenvalue weighted by atomic mass is 10.0. The van der Waals surface area contributed by atoms with Crippen LogP contribution >= 0.6 is 0 Å². The molecular weight excluding hydrogens is 332 g/mol. The minimum atomic E-state index is -0.828. The molecule has 1 aromatic rings. The SMILES string of the molecule is O=C(c1cc(F)cc(F)c1)N1CCN2C(=O)[C@H]3CCCN3C(=O)[C@H]2C1. The molecule has 3 fully saturated rings. The second-order valence-corrected chi connectivity index (χ2v) is 6.65. The lowest BCUT2D eigenvalue weighted by Gasteiger charge is -2.47. The van der Waals surface area contributed by atoms with E-state index in [4.69, 9.17) is 0 Å². The average Bonchev–Trinajstić information content (AvgIpc) is 3.08. The normalized spacial score (nSPS) is 25.9. The molecule has 132 valence electrons. The van der Waals surface area contributed by atoms with Crippen molar-refractivity contribution in [2.45, 2.75) is 24.9 Å². The maximum Gasteiger partial charge on any atom is 0.254 e. The molecule has 3 aliphatic heterocycles. The molecule has 25 heavy (non-hydrogen) atoms. The summed E-state index contributed by atoms with van der Waals surface area (Å²) >= 11 is 0. The highest BCUT2D eigenvalue weighted by Gasteiger charge is 2.49. The summed E-state index contributed by atoms with van der Waals surface area (Å²) in [4.78, 5) is 42.3. The number of hydrogen-bond donors (Lipinski definition) is 0. The van der Waals surface area contributed by atoms with Gasteiger partial charge in [0.05, 0.1) is 6.54 Å². The Morgan fingerprint density at radius 3 is 2.28 bits per heavy atom. The summed E-state index contributed by atoms with van der Waals surface area (Å²) in [5.41, 5.74) is -0.0976. The van der Waals surface area contributed by atoms with Crippen LogP contribution in [0.25, 0.3) is 0 Å². The first-order valence-electron chi connectivity index (χ1n) is 8.32. The van der Waals surface area contributed by atoms with Crippen molar-refractivity contribution in [2.24, 2.45) is 0 Å². The van der Waals surface area contributed by atoms with Gasteiger partial charge in [0, 0.05) is 31.3 Å². The van der Waals surface area contributed by atoms with Gasteiger partial charge in [-0.05, 0) is 25.0 Å². The quantitative estimate of drug-likeness (QED) is 0.747. The van der Waals surface area contributed by atoms with Gasteiger partial charge in [0.1, 0.15) is 23.7 Å². The molecule has 0 spiro atoms. The van der Waals surface area contributed by atoms with Crippen LogP contribution < -0.4 is 0 Å². The molecule has 0 saturated carbocycles. The molecule has 0 aliphatic carbocycles. The molecule has 1 aromatic carbocycles.